The second kappa shape index (κ2) is 6.70. The highest BCUT2D eigenvalue weighted by atomic mass is 79.9. The maximum Gasteiger partial charge on any atom is 0.239 e. The normalized spacial score (nSPS) is 20.9. The molecular weight excluding hydrogens is 318 g/mol. The van der Waals surface area contributed by atoms with Gasteiger partial charge in [-0.1, -0.05) is 28.1 Å². The molecule has 2 atom stereocenters. The number of rotatable bonds is 4. The number of nitrogens with zero attached hydrogens (tertiary/aromatic N) is 2. The first kappa shape index (κ1) is 15.5. The van der Waals surface area contributed by atoms with E-state index in [0.29, 0.717) is 6.54 Å². The summed E-state index contributed by atoms with van der Waals surface area (Å²) in [4.78, 5) is 16.2. The second-order valence-corrected chi connectivity index (χ2v) is 6.35. The lowest BCUT2D eigenvalue weighted by atomic mass is 10.0. The number of halogens is 1. The number of benzene rings is 1. The van der Waals surface area contributed by atoms with E-state index in [1.54, 1.807) is 4.90 Å². The molecule has 110 valence electrons. The first-order valence-corrected chi connectivity index (χ1v) is 7.76. The van der Waals surface area contributed by atoms with Gasteiger partial charge in [0.05, 0.1) is 6.04 Å². The van der Waals surface area contributed by atoms with Gasteiger partial charge in [-0.05, 0) is 37.1 Å². The zero-order valence-corrected chi connectivity index (χ0v) is 13.6. The standard InChI is InChI=1S/C15H22BrN3O/c1-18(2)15(20)13-4-3-9-19(13)14(10-17)11-5-7-12(16)8-6-11/h5-8,13-14H,3-4,9-10,17H2,1-2H3. The molecule has 0 aromatic heterocycles. The Hall–Kier alpha value is -0.910. The molecule has 5 heteroatoms. The van der Waals surface area contributed by atoms with E-state index < -0.39 is 0 Å². The van der Waals surface area contributed by atoms with Gasteiger partial charge in [-0.25, -0.2) is 0 Å². The van der Waals surface area contributed by atoms with Crippen LogP contribution in [0, 0.1) is 0 Å². The summed E-state index contributed by atoms with van der Waals surface area (Å²) in [6.07, 6.45) is 1.97. The molecule has 1 heterocycles. The van der Waals surface area contributed by atoms with Gasteiger partial charge in [0.25, 0.3) is 0 Å². The zero-order chi connectivity index (χ0) is 14.7. The second-order valence-electron chi connectivity index (χ2n) is 5.43. The van der Waals surface area contributed by atoms with Crippen LogP contribution in [0.4, 0.5) is 0 Å². The SMILES string of the molecule is CN(C)C(=O)C1CCCN1C(CN)c1ccc(Br)cc1. The monoisotopic (exact) mass is 339 g/mol. The smallest absolute Gasteiger partial charge is 0.239 e. The fourth-order valence-corrected chi connectivity index (χ4v) is 3.14. The van der Waals surface area contributed by atoms with Crippen LogP contribution < -0.4 is 5.73 Å². The number of hydrogen-bond donors (Lipinski definition) is 1. The van der Waals surface area contributed by atoms with Gasteiger partial charge in [0.2, 0.25) is 5.91 Å². The molecule has 1 amide bonds. The summed E-state index contributed by atoms with van der Waals surface area (Å²) in [6.45, 7) is 1.46. The predicted octanol–water partition coefficient (Wildman–Crippen LogP) is 2.00. The number of carbonyl (C=O) groups is 1. The minimum atomic E-state index is -0.0396. The van der Waals surface area contributed by atoms with Crippen molar-refractivity contribution in [2.75, 3.05) is 27.2 Å². The van der Waals surface area contributed by atoms with Crippen molar-refractivity contribution in [3.8, 4) is 0 Å². The Labute approximate surface area is 129 Å². The quantitative estimate of drug-likeness (QED) is 0.912. The molecule has 20 heavy (non-hydrogen) atoms. The van der Waals surface area contributed by atoms with Crippen molar-refractivity contribution >= 4 is 21.8 Å². The van der Waals surface area contributed by atoms with Gasteiger partial charge < -0.3 is 10.6 Å². The van der Waals surface area contributed by atoms with Gasteiger partial charge in [0, 0.05) is 31.2 Å². The van der Waals surface area contributed by atoms with E-state index in [0.717, 1.165) is 23.9 Å². The van der Waals surface area contributed by atoms with Crippen molar-refractivity contribution in [2.45, 2.75) is 24.9 Å². The predicted molar refractivity (Wildman–Crippen MR) is 84.4 cm³/mol. The molecule has 2 N–H and O–H groups in total. The van der Waals surface area contributed by atoms with Crippen molar-refractivity contribution in [3.05, 3.63) is 34.3 Å². The summed E-state index contributed by atoms with van der Waals surface area (Å²) in [5.41, 5.74) is 7.16. The molecule has 4 nitrogen and oxygen atoms in total. The Morgan fingerprint density at radius 1 is 1.45 bits per heavy atom. The molecule has 2 unspecified atom stereocenters. The third-order valence-corrected chi connectivity index (χ3v) is 4.43. The summed E-state index contributed by atoms with van der Waals surface area (Å²) in [5, 5.41) is 0. The van der Waals surface area contributed by atoms with E-state index in [1.807, 2.05) is 26.2 Å². The van der Waals surface area contributed by atoms with Crippen molar-refractivity contribution in [1.82, 2.24) is 9.80 Å². The fraction of sp³-hybridized carbons (Fsp3) is 0.533. The fourth-order valence-electron chi connectivity index (χ4n) is 2.87. The van der Waals surface area contributed by atoms with Crippen LogP contribution in [-0.4, -0.2) is 48.9 Å². The highest BCUT2D eigenvalue weighted by Gasteiger charge is 2.36. The number of nitrogens with two attached hydrogens (primary N) is 1. The van der Waals surface area contributed by atoms with Crippen molar-refractivity contribution in [2.24, 2.45) is 5.73 Å². The van der Waals surface area contributed by atoms with Crippen molar-refractivity contribution in [3.63, 3.8) is 0 Å². The molecule has 1 aromatic rings. The van der Waals surface area contributed by atoms with Crippen LogP contribution in [-0.2, 0) is 4.79 Å². The Bertz CT molecular complexity index is 461. The summed E-state index contributed by atoms with van der Waals surface area (Å²) in [7, 11) is 3.63. The Kier molecular flexibility index (Phi) is 5.18. The minimum Gasteiger partial charge on any atom is -0.347 e. The molecule has 1 aliphatic rings. The zero-order valence-electron chi connectivity index (χ0n) is 12.1. The van der Waals surface area contributed by atoms with Gasteiger partial charge in [0.15, 0.2) is 0 Å². The van der Waals surface area contributed by atoms with Crippen LogP contribution in [0.2, 0.25) is 0 Å². The van der Waals surface area contributed by atoms with Gasteiger partial charge >= 0.3 is 0 Å². The van der Waals surface area contributed by atoms with E-state index in [4.69, 9.17) is 5.73 Å². The molecule has 0 spiro atoms. The van der Waals surface area contributed by atoms with E-state index in [-0.39, 0.29) is 18.0 Å². The van der Waals surface area contributed by atoms with Crippen LogP contribution in [0.15, 0.2) is 28.7 Å². The third-order valence-electron chi connectivity index (χ3n) is 3.90. The number of carbonyl (C=O) groups excluding carboxylic acids is 1. The topological polar surface area (TPSA) is 49.6 Å². The number of hydrogen-bond acceptors (Lipinski definition) is 3. The average Bonchev–Trinajstić information content (AvgIpc) is 2.90. The highest BCUT2D eigenvalue weighted by molar-refractivity contribution is 9.10. The molecule has 1 fully saturated rings. The molecule has 0 radical (unpaired) electrons. The maximum atomic E-state index is 12.3. The Morgan fingerprint density at radius 3 is 2.65 bits per heavy atom. The first-order valence-electron chi connectivity index (χ1n) is 6.97. The Morgan fingerprint density at radius 2 is 2.10 bits per heavy atom. The average molecular weight is 340 g/mol. The summed E-state index contributed by atoms with van der Waals surface area (Å²) in [5.74, 6) is 0.179. The molecular formula is C15H22BrN3O. The van der Waals surface area contributed by atoms with Gasteiger partial charge in [-0.2, -0.15) is 0 Å². The first-order chi connectivity index (χ1) is 9.54. The lowest BCUT2D eigenvalue weighted by Gasteiger charge is -2.33. The third kappa shape index (κ3) is 3.22. The number of likely N-dealkylation sites (N-methyl/N-ethyl adjacent to an activating group) is 1. The molecule has 0 bridgehead atoms. The molecule has 1 aromatic carbocycles. The van der Waals surface area contributed by atoms with Crippen LogP contribution in [0.3, 0.4) is 0 Å². The van der Waals surface area contributed by atoms with E-state index in [9.17, 15) is 4.79 Å². The lowest BCUT2D eigenvalue weighted by molar-refractivity contribution is -0.134. The van der Waals surface area contributed by atoms with E-state index in [1.165, 1.54) is 5.56 Å². The molecule has 2 rings (SSSR count). The molecule has 1 saturated heterocycles. The van der Waals surface area contributed by atoms with Gasteiger partial charge in [-0.3, -0.25) is 9.69 Å². The molecule has 0 aliphatic carbocycles. The summed E-state index contributed by atoms with van der Waals surface area (Å²) >= 11 is 3.45. The van der Waals surface area contributed by atoms with Crippen LogP contribution in [0.1, 0.15) is 24.4 Å². The van der Waals surface area contributed by atoms with Crippen LogP contribution >= 0.6 is 15.9 Å². The number of amides is 1. The summed E-state index contributed by atoms with van der Waals surface area (Å²) < 4.78 is 1.05. The van der Waals surface area contributed by atoms with Gasteiger partial charge in [0.1, 0.15) is 0 Å². The van der Waals surface area contributed by atoms with Gasteiger partial charge in [-0.15, -0.1) is 0 Å². The van der Waals surface area contributed by atoms with Crippen LogP contribution in [0.25, 0.3) is 0 Å². The Balaban J connectivity index is 2.22. The largest absolute Gasteiger partial charge is 0.347 e. The van der Waals surface area contributed by atoms with Crippen LogP contribution in [0.5, 0.6) is 0 Å². The minimum absolute atomic E-state index is 0.0396. The maximum absolute atomic E-state index is 12.3. The molecule has 0 saturated carbocycles. The summed E-state index contributed by atoms with van der Waals surface area (Å²) in [6, 6.07) is 8.28. The van der Waals surface area contributed by atoms with E-state index >= 15 is 0 Å². The molecule has 1 aliphatic heterocycles. The van der Waals surface area contributed by atoms with E-state index in [2.05, 4.69) is 33.0 Å². The number of likely N-dealkylation sites (tertiary alicyclic amines) is 1. The van der Waals surface area contributed by atoms with Crippen molar-refractivity contribution < 1.29 is 4.79 Å². The lowest BCUT2D eigenvalue weighted by Crippen LogP contribution is -2.46. The van der Waals surface area contributed by atoms with Crippen molar-refractivity contribution in [1.29, 1.82) is 0 Å². The highest BCUT2D eigenvalue weighted by Crippen LogP contribution is 2.30.